The molecule has 0 fully saturated rings. The Morgan fingerprint density at radius 3 is 2.00 bits per heavy atom. The molecule has 1 aromatic heterocycles. The molecule has 1 unspecified atom stereocenters. The Kier molecular flexibility index (Phi) is 8.19. The number of halogens is 1. The van der Waals surface area contributed by atoms with Gasteiger partial charge in [-0.1, -0.05) is 23.8 Å². The minimum atomic E-state index is -4.95. The number of carbonyl (C=O) groups excluding carboxylic acids is 3. The molecule has 194 valence electrons. The van der Waals surface area contributed by atoms with E-state index in [0.29, 0.717) is 0 Å². The first kappa shape index (κ1) is 27.3. The monoisotopic (exact) mass is 539 g/mol. The Bertz CT molecular complexity index is 1250. The lowest BCUT2D eigenvalue weighted by molar-refractivity contribution is -0.170. The fraction of sp³-hybridized carbons (Fsp3) is 0.375. The standard InChI is InChI=1S/C24H26FNO8S2/c1-5-32-21(27)18-19(17-9-8-14-35-17)24(22(28)33-6-2,23(29)34-7-3)26(20(18)25)36(30,31)16-12-10-15(4)11-13-16/h8-14,19H,5-7H2,1-4H3. The van der Waals surface area contributed by atoms with Crippen molar-refractivity contribution in [2.75, 3.05) is 19.8 Å². The van der Waals surface area contributed by atoms with Crippen molar-refractivity contribution in [3.63, 3.8) is 0 Å². The van der Waals surface area contributed by atoms with Gasteiger partial charge in [-0.3, -0.25) is 0 Å². The summed E-state index contributed by atoms with van der Waals surface area (Å²) in [6.07, 6.45) is 0. The molecule has 9 nitrogen and oxygen atoms in total. The highest BCUT2D eigenvalue weighted by Crippen LogP contribution is 2.54. The lowest BCUT2D eigenvalue weighted by Gasteiger charge is -2.37. The summed E-state index contributed by atoms with van der Waals surface area (Å²) in [6.45, 7) is 5.42. The van der Waals surface area contributed by atoms with E-state index in [4.69, 9.17) is 14.2 Å². The van der Waals surface area contributed by atoms with E-state index < -0.39 is 55.8 Å². The topological polar surface area (TPSA) is 116 Å². The maximum atomic E-state index is 16.3. The number of ether oxygens (including phenoxy) is 3. The molecule has 0 saturated carbocycles. The molecule has 0 N–H and O–H groups in total. The van der Waals surface area contributed by atoms with Gasteiger partial charge in [0, 0.05) is 4.88 Å². The first-order valence-electron chi connectivity index (χ1n) is 11.2. The summed E-state index contributed by atoms with van der Waals surface area (Å²) in [6, 6.07) is 8.38. The molecule has 1 aliphatic rings. The van der Waals surface area contributed by atoms with Crippen molar-refractivity contribution in [2.24, 2.45) is 0 Å². The van der Waals surface area contributed by atoms with Crippen LogP contribution in [0, 0.1) is 6.92 Å². The zero-order valence-corrected chi connectivity index (χ0v) is 21.8. The Morgan fingerprint density at radius 2 is 1.53 bits per heavy atom. The second kappa shape index (κ2) is 10.8. The van der Waals surface area contributed by atoms with Crippen LogP contribution < -0.4 is 0 Å². The number of nitrogens with zero attached hydrogens (tertiary/aromatic N) is 1. The number of carbonyl (C=O) groups is 3. The van der Waals surface area contributed by atoms with Gasteiger partial charge in [0.2, 0.25) is 5.95 Å². The average Bonchev–Trinajstić information content (AvgIpc) is 3.44. The van der Waals surface area contributed by atoms with E-state index in [-0.39, 0.29) is 29.0 Å². The lowest BCUT2D eigenvalue weighted by atomic mass is 9.80. The highest BCUT2D eigenvalue weighted by Gasteiger charge is 2.71. The predicted molar refractivity (Wildman–Crippen MR) is 128 cm³/mol. The molecule has 12 heteroatoms. The van der Waals surface area contributed by atoms with Crippen molar-refractivity contribution in [3.05, 3.63) is 63.7 Å². The number of hydrogen-bond donors (Lipinski definition) is 0. The van der Waals surface area contributed by atoms with Gasteiger partial charge in [0.05, 0.1) is 30.6 Å². The molecule has 0 radical (unpaired) electrons. The quantitative estimate of drug-likeness (QED) is 0.206. The lowest BCUT2D eigenvalue weighted by Crippen LogP contribution is -2.62. The summed E-state index contributed by atoms with van der Waals surface area (Å²) in [7, 11) is -4.95. The van der Waals surface area contributed by atoms with Gasteiger partial charge < -0.3 is 14.2 Å². The minimum Gasteiger partial charge on any atom is -0.464 e. The van der Waals surface area contributed by atoms with Gasteiger partial charge in [0.15, 0.2) is 0 Å². The summed E-state index contributed by atoms with van der Waals surface area (Å²) in [5.74, 6) is -7.32. The smallest absolute Gasteiger partial charge is 0.346 e. The van der Waals surface area contributed by atoms with Crippen molar-refractivity contribution >= 4 is 39.3 Å². The number of hydrogen-bond acceptors (Lipinski definition) is 9. The molecule has 0 spiro atoms. The number of sulfonamides is 1. The van der Waals surface area contributed by atoms with E-state index >= 15 is 4.39 Å². The molecule has 0 saturated heterocycles. The molecule has 1 aliphatic heterocycles. The fourth-order valence-electron chi connectivity index (χ4n) is 4.00. The average molecular weight is 540 g/mol. The van der Waals surface area contributed by atoms with E-state index in [1.165, 1.54) is 51.1 Å². The van der Waals surface area contributed by atoms with Crippen LogP contribution >= 0.6 is 11.3 Å². The Morgan fingerprint density at radius 1 is 0.972 bits per heavy atom. The van der Waals surface area contributed by atoms with E-state index in [1.807, 2.05) is 0 Å². The van der Waals surface area contributed by atoms with Crippen molar-refractivity contribution < 1.29 is 41.4 Å². The van der Waals surface area contributed by atoms with Gasteiger partial charge in [0.1, 0.15) is 5.57 Å². The summed E-state index contributed by atoms with van der Waals surface area (Å²) >= 11 is 1.000. The first-order chi connectivity index (χ1) is 17.1. The van der Waals surface area contributed by atoms with Gasteiger partial charge in [-0.25, -0.2) is 27.1 Å². The molecule has 3 rings (SSSR count). The van der Waals surface area contributed by atoms with Gasteiger partial charge in [-0.15, -0.1) is 11.3 Å². The van der Waals surface area contributed by atoms with Crippen LogP contribution in [0.25, 0.3) is 0 Å². The fourth-order valence-corrected chi connectivity index (χ4v) is 6.53. The van der Waals surface area contributed by atoms with Crippen LogP contribution in [-0.4, -0.2) is 56.0 Å². The van der Waals surface area contributed by atoms with Crippen LogP contribution in [0.4, 0.5) is 4.39 Å². The minimum absolute atomic E-state index is 0.0251. The third kappa shape index (κ3) is 4.39. The molecule has 2 heterocycles. The number of esters is 3. The van der Waals surface area contributed by atoms with Crippen molar-refractivity contribution in [1.29, 1.82) is 0 Å². The number of aryl methyl sites for hydroxylation is 1. The summed E-state index contributed by atoms with van der Waals surface area (Å²) in [5.41, 5.74) is -3.01. The molecular formula is C24H26FNO8S2. The molecule has 2 aromatic rings. The van der Waals surface area contributed by atoms with Crippen LogP contribution in [0.2, 0.25) is 0 Å². The Labute approximate surface area is 212 Å². The Balaban J connectivity index is 2.47. The van der Waals surface area contributed by atoms with Crippen LogP contribution in [0.5, 0.6) is 0 Å². The number of thiophene rings is 1. The molecular weight excluding hydrogens is 513 g/mol. The van der Waals surface area contributed by atoms with Crippen molar-refractivity contribution in [3.8, 4) is 0 Å². The van der Waals surface area contributed by atoms with Gasteiger partial charge in [0.25, 0.3) is 15.6 Å². The van der Waals surface area contributed by atoms with Gasteiger partial charge >= 0.3 is 17.9 Å². The third-order valence-corrected chi connectivity index (χ3v) is 8.22. The molecule has 1 aromatic carbocycles. The highest BCUT2D eigenvalue weighted by molar-refractivity contribution is 7.89. The molecule has 36 heavy (non-hydrogen) atoms. The normalized spacial score (nSPS) is 17.1. The second-order valence-corrected chi connectivity index (χ2v) is 10.4. The number of benzene rings is 1. The highest BCUT2D eigenvalue weighted by atomic mass is 32.2. The van der Waals surface area contributed by atoms with Crippen molar-refractivity contribution in [1.82, 2.24) is 4.31 Å². The molecule has 1 atom stereocenters. The SMILES string of the molecule is CCOC(=O)C1=C(F)N(S(=O)(=O)c2ccc(C)cc2)C(C(=O)OCC)(C(=O)OCC)C1c1cccs1. The summed E-state index contributed by atoms with van der Waals surface area (Å²) in [5, 5.41) is 1.58. The zero-order chi connectivity index (χ0) is 26.7. The van der Waals surface area contributed by atoms with Gasteiger partial charge in [-0.2, -0.15) is 4.39 Å². The van der Waals surface area contributed by atoms with Gasteiger partial charge in [-0.05, 0) is 51.3 Å². The zero-order valence-electron chi connectivity index (χ0n) is 20.1. The molecule has 0 amide bonds. The van der Waals surface area contributed by atoms with Crippen molar-refractivity contribution in [2.45, 2.75) is 44.0 Å². The van der Waals surface area contributed by atoms with E-state index in [1.54, 1.807) is 18.4 Å². The van der Waals surface area contributed by atoms with E-state index in [9.17, 15) is 22.8 Å². The first-order valence-corrected chi connectivity index (χ1v) is 13.5. The third-order valence-electron chi connectivity index (χ3n) is 5.48. The maximum Gasteiger partial charge on any atom is 0.346 e. The van der Waals surface area contributed by atoms with Crippen LogP contribution in [0.15, 0.2) is 58.2 Å². The van der Waals surface area contributed by atoms with Crippen LogP contribution in [-0.2, 0) is 38.6 Å². The van der Waals surface area contributed by atoms with Crippen LogP contribution in [0.1, 0.15) is 37.1 Å². The predicted octanol–water partition coefficient (Wildman–Crippen LogP) is 3.45. The second-order valence-electron chi connectivity index (χ2n) is 7.66. The summed E-state index contributed by atoms with van der Waals surface area (Å²) in [4.78, 5) is 40.0. The maximum absolute atomic E-state index is 16.3. The largest absolute Gasteiger partial charge is 0.464 e. The molecule has 0 aliphatic carbocycles. The van der Waals surface area contributed by atoms with E-state index in [0.717, 1.165) is 16.9 Å². The number of rotatable bonds is 9. The van der Waals surface area contributed by atoms with E-state index in [2.05, 4.69) is 0 Å². The van der Waals surface area contributed by atoms with Crippen LogP contribution in [0.3, 0.4) is 0 Å². The Hall–Kier alpha value is -3.25. The molecule has 0 bridgehead atoms. The summed E-state index contributed by atoms with van der Waals surface area (Å²) < 4.78 is 59.5.